The van der Waals surface area contributed by atoms with E-state index in [2.05, 4.69) is 10.3 Å². The molecule has 0 unspecified atom stereocenters. The third-order valence-electron chi connectivity index (χ3n) is 2.06. The van der Waals surface area contributed by atoms with Crippen LogP contribution in [0.4, 0.5) is 0 Å². The molecule has 5 nitrogen and oxygen atoms in total. The van der Waals surface area contributed by atoms with Crippen LogP contribution >= 0.6 is 0 Å². The molecule has 0 saturated heterocycles. The van der Waals surface area contributed by atoms with E-state index in [1.165, 1.54) is 6.07 Å². The standard InChI is InChI=1S/C10H11N3O2/c14-9-5-8(6-10(15)7-9)1-3-13-4-2-11-12-13/h2,4-7,14-15H,1,3H2. The maximum Gasteiger partial charge on any atom is 0.119 e. The summed E-state index contributed by atoms with van der Waals surface area (Å²) < 4.78 is 1.70. The first kappa shape index (κ1) is 9.51. The van der Waals surface area contributed by atoms with Crippen LogP contribution < -0.4 is 0 Å². The topological polar surface area (TPSA) is 71.2 Å². The van der Waals surface area contributed by atoms with Gasteiger partial charge in [-0.25, -0.2) is 0 Å². The Morgan fingerprint density at radius 3 is 2.47 bits per heavy atom. The molecule has 78 valence electrons. The van der Waals surface area contributed by atoms with Crippen molar-refractivity contribution in [2.75, 3.05) is 0 Å². The molecule has 0 aliphatic carbocycles. The molecule has 5 heteroatoms. The molecule has 1 aromatic carbocycles. The lowest BCUT2D eigenvalue weighted by atomic mass is 10.1. The fraction of sp³-hybridized carbons (Fsp3) is 0.200. The maximum absolute atomic E-state index is 9.26. The van der Waals surface area contributed by atoms with Crippen LogP contribution in [0, 0.1) is 0 Å². The lowest BCUT2D eigenvalue weighted by Gasteiger charge is -2.03. The molecular formula is C10H11N3O2. The second kappa shape index (κ2) is 4.00. The van der Waals surface area contributed by atoms with Crippen LogP contribution in [0.5, 0.6) is 11.5 Å². The quantitative estimate of drug-likeness (QED) is 0.782. The van der Waals surface area contributed by atoms with E-state index in [0.29, 0.717) is 13.0 Å². The molecule has 0 fully saturated rings. The van der Waals surface area contributed by atoms with Crippen LogP contribution in [0.2, 0.25) is 0 Å². The number of aromatic hydroxyl groups is 2. The lowest BCUT2D eigenvalue weighted by molar-refractivity contribution is 0.448. The van der Waals surface area contributed by atoms with Gasteiger partial charge in [0.05, 0.1) is 6.20 Å². The van der Waals surface area contributed by atoms with Crippen molar-refractivity contribution < 1.29 is 10.2 Å². The zero-order valence-electron chi connectivity index (χ0n) is 8.04. The number of hydrogen-bond acceptors (Lipinski definition) is 4. The van der Waals surface area contributed by atoms with Crippen molar-refractivity contribution in [1.29, 1.82) is 0 Å². The van der Waals surface area contributed by atoms with Gasteiger partial charge in [0.15, 0.2) is 0 Å². The summed E-state index contributed by atoms with van der Waals surface area (Å²) in [6.07, 6.45) is 4.06. The predicted octanol–water partition coefficient (Wildman–Crippen LogP) is 0.932. The number of rotatable bonds is 3. The van der Waals surface area contributed by atoms with Crippen molar-refractivity contribution in [1.82, 2.24) is 15.0 Å². The molecule has 2 rings (SSSR count). The number of benzene rings is 1. The Labute approximate surface area is 86.6 Å². The molecule has 0 radical (unpaired) electrons. The largest absolute Gasteiger partial charge is 0.508 e. The second-order valence-corrected chi connectivity index (χ2v) is 3.27. The highest BCUT2D eigenvalue weighted by atomic mass is 16.3. The zero-order chi connectivity index (χ0) is 10.7. The molecule has 0 aliphatic heterocycles. The van der Waals surface area contributed by atoms with E-state index in [4.69, 9.17) is 0 Å². The minimum Gasteiger partial charge on any atom is -0.508 e. The van der Waals surface area contributed by atoms with Gasteiger partial charge in [-0.3, -0.25) is 4.68 Å². The average molecular weight is 205 g/mol. The van der Waals surface area contributed by atoms with Crippen LogP contribution in [0.25, 0.3) is 0 Å². The highest BCUT2D eigenvalue weighted by Crippen LogP contribution is 2.20. The van der Waals surface area contributed by atoms with Crippen molar-refractivity contribution in [3.63, 3.8) is 0 Å². The summed E-state index contributed by atoms with van der Waals surface area (Å²) in [7, 11) is 0. The number of aromatic nitrogens is 3. The summed E-state index contributed by atoms with van der Waals surface area (Å²) in [6, 6.07) is 4.55. The van der Waals surface area contributed by atoms with Crippen molar-refractivity contribution in [3.05, 3.63) is 36.2 Å². The first-order valence-corrected chi connectivity index (χ1v) is 4.60. The van der Waals surface area contributed by atoms with Gasteiger partial charge in [0, 0.05) is 18.8 Å². The number of phenols is 2. The number of aryl methyl sites for hydroxylation is 2. The number of nitrogens with zero attached hydrogens (tertiary/aromatic N) is 3. The monoisotopic (exact) mass is 205 g/mol. The summed E-state index contributed by atoms with van der Waals surface area (Å²) in [6.45, 7) is 0.670. The predicted molar refractivity (Wildman–Crippen MR) is 53.5 cm³/mol. The Balaban J connectivity index is 2.05. The van der Waals surface area contributed by atoms with Gasteiger partial charge in [0.1, 0.15) is 11.5 Å². The Kier molecular flexibility index (Phi) is 2.53. The molecule has 0 saturated carbocycles. The van der Waals surface area contributed by atoms with Crippen LogP contribution in [0.3, 0.4) is 0 Å². The molecule has 0 bridgehead atoms. The fourth-order valence-electron chi connectivity index (χ4n) is 1.40. The van der Waals surface area contributed by atoms with Crippen molar-refractivity contribution in [2.45, 2.75) is 13.0 Å². The van der Waals surface area contributed by atoms with E-state index >= 15 is 0 Å². The minimum atomic E-state index is 0.0728. The van der Waals surface area contributed by atoms with Crippen LogP contribution in [-0.2, 0) is 13.0 Å². The minimum absolute atomic E-state index is 0.0728. The van der Waals surface area contributed by atoms with Gasteiger partial charge in [-0.15, -0.1) is 5.10 Å². The SMILES string of the molecule is Oc1cc(O)cc(CCn2ccnn2)c1. The molecular weight excluding hydrogens is 194 g/mol. The third kappa shape index (κ3) is 2.46. The summed E-state index contributed by atoms with van der Waals surface area (Å²) >= 11 is 0. The molecule has 0 aliphatic rings. The fourth-order valence-corrected chi connectivity index (χ4v) is 1.40. The Morgan fingerprint density at radius 1 is 1.13 bits per heavy atom. The molecule has 1 heterocycles. The van der Waals surface area contributed by atoms with Gasteiger partial charge in [0.25, 0.3) is 0 Å². The maximum atomic E-state index is 9.26. The number of hydrogen-bond donors (Lipinski definition) is 2. The Hall–Kier alpha value is -2.04. The van der Waals surface area contributed by atoms with Gasteiger partial charge in [-0.1, -0.05) is 5.21 Å². The van der Waals surface area contributed by atoms with Crippen LogP contribution in [0.15, 0.2) is 30.6 Å². The molecule has 0 spiro atoms. The summed E-state index contributed by atoms with van der Waals surface area (Å²) in [5.41, 5.74) is 0.864. The molecule has 0 amide bonds. The summed E-state index contributed by atoms with van der Waals surface area (Å²) in [5, 5.41) is 26.0. The molecule has 1 aromatic heterocycles. The van der Waals surface area contributed by atoms with E-state index in [1.54, 1.807) is 29.2 Å². The van der Waals surface area contributed by atoms with Crippen molar-refractivity contribution in [2.24, 2.45) is 0 Å². The first-order valence-electron chi connectivity index (χ1n) is 4.60. The smallest absolute Gasteiger partial charge is 0.119 e. The van der Waals surface area contributed by atoms with Gasteiger partial charge >= 0.3 is 0 Å². The van der Waals surface area contributed by atoms with Gasteiger partial charge < -0.3 is 10.2 Å². The van der Waals surface area contributed by atoms with Crippen molar-refractivity contribution >= 4 is 0 Å². The van der Waals surface area contributed by atoms with Crippen LogP contribution in [-0.4, -0.2) is 25.2 Å². The lowest BCUT2D eigenvalue weighted by Crippen LogP contribution is -2.01. The normalized spacial score (nSPS) is 10.4. The summed E-state index contributed by atoms with van der Waals surface area (Å²) in [5.74, 6) is 0.146. The highest BCUT2D eigenvalue weighted by molar-refractivity contribution is 5.36. The molecule has 2 N–H and O–H groups in total. The van der Waals surface area contributed by atoms with Crippen LogP contribution in [0.1, 0.15) is 5.56 Å². The van der Waals surface area contributed by atoms with E-state index < -0.39 is 0 Å². The Bertz CT molecular complexity index is 420. The highest BCUT2D eigenvalue weighted by Gasteiger charge is 2.00. The van der Waals surface area contributed by atoms with E-state index in [1.807, 2.05) is 0 Å². The van der Waals surface area contributed by atoms with Gasteiger partial charge in [-0.05, 0) is 24.1 Å². The van der Waals surface area contributed by atoms with Crippen molar-refractivity contribution in [3.8, 4) is 11.5 Å². The van der Waals surface area contributed by atoms with E-state index in [0.717, 1.165) is 5.56 Å². The molecule has 15 heavy (non-hydrogen) atoms. The van der Waals surface area contributed by atoms with Gasteiger partial charge in [0.2, 0.25) is 0 Å². The molecule has 0 atom stereocenters. The van der Waals surface area contributed by atoms with E-state index in [9.17, 15) is 10.2 Å². The molecule has 2 aromatic rings. The third-order valence-corrected chi connectivity index (χ3v) is 2.06. The van der Waals surface area contributed by atoms with E-state index in [-0.39, 0.29) is 11.5 Å². The zero-order valence-corrected chi connectivity index (χ0v) is 8.04. The first-order chi connectivity index (χ1) is 7.24. The van der Waals surface area contributed by atoms with Gasteiger partial charge in [-0.2, -0.15) is 0 Å². The summed E-state index contributed by atoms with van der Waals surface area (Å²) in [4.78, 5) is 0. The second-order valence-electron chi connectivity index (χ2n) is 3.27. The number of phenolic OH excluding ortho intramolecular Hbond substituents is 2. The Morgan fingerprint density at radius 2 is 1.87 bits per heavy atom. The average Bonchev–Trinajstić information content (AvgIpc) is 2.65.